The zero-order valence-electron chi connectivity index (χ0n) is 8.47. The maximum atomic E-state index is 12.8. The first-order valence-corrected chi connectivity index (χ1v) is 4.81. The molecule has 2 rings (SSSR count). The average Bonchev–Trinajstić information content (AvgIpc) is 2.29. The van der Waals surface area contributed by atoms with E-state index in [1.54, 1.807) is 24.5 Å². The van der Waals surface area contributed by atoms with Crippen molar-refractivity contribution in [3.05, 3.63) is 59.7 Å². The molecule has 16 heavy (non-hydrogen) atoms. The summed E-state index contributed by atoms with van der Waals surface area (Å²) in [6.07, 6.45) is 2.28. The zero-order chi connectivity index (χ0) is 11.5. The molecule has 0 aliphatic heterocycles. The highest BCUT2D eigenvalue weighted by atomic mass is 19.1. The molecule has 3 N–H and O–H groups in total. The van der Waals surface area contributed by atoms with Crippen molar-refractivity contribution in [1.29, 1.82) is 0 Å². The molecule has 1 unspecified atom stereocenters. The molecule has 1 atom stereocenters. The van der Waals surface area contributed by atoms with Crippen LogP contribution < -0.4 is 5.73 Å². The number of nitrogens with two attached hydrogens (primary N) is 1. The fourth-order valence-electron chi connectivity index (χ4n) is 1.51. The van der Waals surface area contributed by atoms with E-state index in [-0.39, 0.29) is 5.69 Å². The molecule has 3 nitrogen and oxygen atoms in total. The van der Waals surface area contributed by atoms with Crippen molar-refractivity contribution in [2.24, 2.45) is 0 Å². The van der Waals surface area contributed by atoms with Gasteiger partial charge in [0.1, 0.15) is 11.9 Å². The van der Waals surface area contributed by atoms with Gasteiger partial charge in [-0.1, -0.05) is 12.1 Å². The van der Waals surface area contributed by atoms with Crippen molar-refractivity contribution in [1.82, 2.24) is 4.98 Å². The Bertz CT molecular complexity index is 488. The summed E-state index contributed by atoms with van der Waals surface area (Å²) in [5.41, 5.74) is 6.98. The van der Waals surface area contributed by atoms with E-state index in [4.69, 9.17) is 5.73 Å². The van der Waals surface area contributed by atoms with E-state index in [9.17, 15) is 9.50 Å². The third-order valence-corrected chi connectivity index (χ3v) is 2.34. The van der Waals surface area contributed by atoms with Crippen LogP contribution in [-0.4, -0.2) is 10.1 Å². The summed E-state index contributed by atoms with van der Waals surface area (Å²) in [7, 11) is 0. The lowest BCUT2D eigenvalue weighted by atomic mass is 10.0. The van der Waals surface area contributed by atoms with E-state index in [1.807, 2.05) is 0 Å². The maximum absolute atomic E-state index is 12.8. The number of pyridine rings is 1. The van der Waals surface area contributed by atoms with Crippen LogP contribution in [0.1, 0.15) is 17.2 Å². The van der Waals surface area contributed by atoms with Crippen molar-refractivity contribution < 1.29 is 9.50 Å². The molecule has 0 aliphatic carbocycles. The van der Waals surface area contributed by atoms with Crippen molar-refractivity contribution in [3.8, 4) is 0 Å². The van der Waals surface area contributed by atoms with Crippen molar-refractivity contribution in [2.75, 3.05) is 5.73 Å². The summed E-state index contributed by atoms with van der Waals surface area (Å²) in [4.78, 5) is 3.90. The summed E-state index contributed by atoms with van der Waals surface area (Å²) in [6.45, 7) is 0. The van der Waals surface area contributed by atoms with Crippen LogP contribution in [0.25, 0.3) is 0 Å². The monoisotopic (exact) mass is 218 g/mol. The standard InChI is InChI=1S/C12H11FN2O/c13-9-3-4-10(11(14)6-9)12(16)8-2-1-5-15-7-8/h1-7,12,16H,14H2. The Morgan fingerprint density at radius 2 is 2.12 bits per heavy atom. The minimum atomic E-state index is -0.880. The van der Waals surface area contributed by atoms with Gasteiger partial charge in [0, 0.05) is 29.2 Å². The van der Waals surface area contributed by atoms with Crippen molar-refractivity contribution in [2.45, 2.75) is 6.10 Å². The van der Waals surface area contributed by atoms with Crippen molar-refractivity contribution >= 4 is 5.69 Å². The smallest absolute Gasteiger partial charge is 0.125 e. The molecular formula is C12H11FN2O. The summed E-state index contributed by atoms with van der Waals surface area (Å²) in [5.74, 6) is -0.417. The molecule has 0 bridgehead atoms. The molecule has 0 saturated heterocycles. The van der Waals surface area contributed by atoms with Gasteiger partial charge in [0.2, 0.25) is 0 Å². The van der Waals surface area contributed by atoms with E-state index in [2.05, 4.69) is 4.98 Å². The quantitative estimate of drug-likeness (QED) is 0.757. The van der Waals surface area contributed by atoms with Crippen LogP contribution in [-0.2, 0) is 0 Å². The first-order valence-electron chi connectivity index (χ1n) is 4.81. The van der Waals surface area contributed by atoms with Gasteiger partial charge < -0.3 is 10.8 Å². The number of benzene rings is 1. The molecule has 2 aromatic rings. The van der Waals surface area contributed by atoms with Gasteiger partial charge in [-0.3, -0.25) is 4.98 Å². The van der Waals surface area contributed by atoms with Crippen LogP contribution in [0, 0.1) is 5.82 Å². The van der Waals surface area contributed by atoms with Gasteiger partial charge in [0.25, 0.3) is 0 Å². The number of anilines is 1. The third kappa shape index (κ3) is 2.01. The van der Waals surface area contributed by atoms with E-state index in [0.717, 1.165) is 0 Å². The SMILES string of the molecule is Nc1cc(F)ccc1C(O)c1cccnc1. The number of halogens is 1. The van der Waals surface area contributed by atoms with Crippen LogP contribution >= 0.6 is 0 Å². The van der Waals surface area contributed by atoms with E-state index in [1.165, 1.54) is 18.2 Å². The molecule has 0 saturated carbocycles. The third-order valence-electron chi connectivity index (χ3n) is 2.34. The normalized spacial score (nSPS) is 12.4. The van der Waals surface area contributed by atoms with E-state index in [0.29, 0.717) is 11.1 Å². The maximum Gasteiger partial charge on any atom is 0.125 e. The Hall–Kier alpha value is -1.94. The lowest BCUT2D eigenvalue weighted by Crippen LogP contribution is -2.04. The topological polar surface area (TPSA) is 59.1 Å². The van der Waals surface area contributed by atoms with E-state index >= 15 is 0 Å². The van der Waals surface area contributed by atoms with Crippen LogP contribution in [0.3, 0.4) is 0 Å². The Morgan fingerprint density at radius 1 is 1.31 bits per heavy atom. The zero-order valence-corrected chi connectivity index (χ0v) is 8.47. The lowest BCUT2D eigenvalue weighted by molar-refractivity contribution is 0.220. The van der Waals surface area contributed by atoms with Gasteiger partial charge in [-0.2, -0.15) is 0 Å². The first-order chi connectivity index (χ1) is 7.68. The molecule has 0 radical (unpaired) electrons. The second kappa shape index (κ2) is 4.28. The molecule has 0 spiro atoms. The van der Waals surface area contributed by atoms with Gasteiger partial charge in [0.05, 0.1) is 0 Å². The fraction of sp³-hybridized carbons (Fsp3) is 0.0833. The van der Waals surface area contributed by atoms with Gasteiger partial charge in [0.15, 0.2) is 0 Å². The summed E-state index contributed by atoms with van der Waals surface area (Å²) >= 11 is 0. The highest BCUT2D eigenvalue weighted by Gasteiger charge is 2.13. The number of hydrogen-bond acceptors (Lipinski definition) is 3. The molecular weight excluding hydrogens is 207 g/mol. The molecule has 82 valence electrons. The Morgan fingerprint density at radius 3 is 2.75 bits per heavy atom. The van der Waals surface area contributed by atoms with Crippen LogP contribution in [0.2, 0.25) is 0 Å². The summed E-state index contributed by atoms with van der Waals surface area (Å²) in [5, 5.41) is 10.0. The molecule has 4 heteroatoms. The lowest BCUT2D eigenvalue weighted by Gasteiger charge is -2.13. The number of aliphatic hydroxyl groups is 1. The van der Waals surface area contributed by atoms with Gasteiger partial charge in [-0.25, -0.2) is 4.39 Å². The minimum Gasteiger partial charge on any atom is -0.398 e. The predicted octanol–water partition coefficient (Wildman–Crippen LogP) is 1.88. The molecule has 0 aliphatic rings. The Kier molecular flexibility index (Phi) is 2.83. The minimum absolute atomic E-state index is 0.233. The predicted molar refractivity (Wildman–Crippen MR) is 59.1 cm³/mol. The van der Waals surface area contributed by atoms with Crippen molar-refractivity contribution in [3.63, 3.8) is 0 Å². The highest BCUT2D eigenvalue weighted by molar-refractivity contribution is 5.50. The number of nitrogens with zero attached hydrogens (tertiary/aromatic N) is 1. The number of aliphatic hydroxyl groups excluding tert-OH is 1. The average molecular weight is 218 g/mol. The van der Waals surface area contributed by atoms with Gasteiger partial charge in [-0.05, 0) is 18.2 Å². The van der Waals surface area contributed by atoms with Gasteiger partial charge in [-0.15, -0.1) is 0 Å². The number of aromatic nitrogens is 1. The number of nitrogen functional groups attached to an aromatic ring is 1. The molecule has 0 amide bonds. The van der Waals surface area contributed by atoms with E-state index < -0.39 is 11.9 Å². The Labute approximate surface area is 92.4 Å². The van der Waals surface area contributed by atoms with Gasteiger partial charge >= 0.3 is 0 Å². The molecule has 1 heterocycles. The highest BCUT2D eigenvalue weighted by Crippen LogP contribution is 2.26. The number of rotatable bonds is 2. The summed E-state index contributed by atoms with van der Waals surface area (Å²) in [6, 6.07) is 7.39. The van der Waals surface area contributed by atoms with Crippen LogP contribution in [0.4, 0.5) is 10.1 Å². The second-order valence-electron chi connectivity index (χ2n) is 3.46. The fourth-order valence-corrected chi connectivity index (χ4v) is 1.51. The van der Waals surface area contributed by atoms with Crippen LogP contribution in [0.5, 0.6) is 0 Å². The summed E-state index contributed by atoms with van der Waals surface area (Å²) < 4.78 is 12.8. The van der Waals surface area contributed by atoms with Crippen LogP contribution in [0.15, 0.2) is 42.7 Å². The molecule has 0 fully saturated rings. The number of hydrogen-bond donors (Lipinski definition) is 2. The molecule has 1 aromatic heterocycles. The largest absolute Gasteiger partial charge is 0.398 e. The first kappa shape index (κ1) is 10.6. The Balaban J connectivity index is 2.38. The second-order valence-corrected chi connectivity index (χ2v) is 3.46. The molecule has 1 aromatic carbocycles.